The van der Waals surface area contributed by atoms with Crippen LogP contribution in [0.1, 0.15) is 54.4 Å². The average molecular weight is 300 g/mol. The molecule has 0 aromatic heterocycles. The zero-order valence-electron chi connectivity index (χ0n) is 14.0. The van der Waals surface area contributed by atoms with E-state index in [0.29, 0.717) is 13.1 Å². The Balaban J connectivity index is 2.49. The molecule has 122 valence electrons. The summed E-state index contributed by atoms with van der Waals surface area (Å²) in [5, 5.41) is 2.81. The minimum absolute atomic E-state index is 0.0962. The van der Waals surface area contributed by atoms with E-state index in [-0.39, 0.29) is 12.1 Å². The monoisotopic (exact) mass is 300 g/mol. The Morgan fingerprint density at radius 1 is 1.05 bits per heavy atom. The van der Waals surface area contributed by atoms with E-state index < -0.39 is 17.3 Å². The Bertz CT molecular complexity index is 382. The average Bonchev–Trinajstić information content (AvgIpc) is 2.24. The van der Waals surface area contributed by atoms with Gasteiger partial charge in [0.15, 0.2) is 0 Å². The summed E-state index contributed by atoms with van der Waals surface area (Å²) in [7, 11) is 0. The fraction of sp³-hybridized carbons (Fsp3) is 0.867. The molecule has 0 radical (unpaired) electrons. The number of likely N-dealkylation sites (tertiary alicyclic amines) is 1. The second-order valence-electron chi connectivity index (χ2n) is 7.41. The second kappa shape index (κ2) is 6.54. The minimum Gasteiger partial charge on any atom is -0.444 e. The molecular formula is C15H28N2O4. The number of alkyl carbamates (subject to hydrolysis) is 1. The van der Waals surface area contributed by atoms with E-state index in [1.807, 2.05) is 41.5 Å². The standard InChI is InChI=1S/C15H28N2O4/c1-14(2,3)20-12(18)16-11-8-7-9-17(10-11)13(19)21-15(4,5)6/h11H,7-10H2,1-6H3,(H,16,18)/t11-/m0/s1. The summed E-state index contributed by atoms with van der Waals surface area (Å²) >= 11 is 0. The molecule has 0 bridgehead atoms. The van der Waals surface area contributed by atoms with Gasteiger partial charge in [-0.2, -0.15) is 0 Å². The van der Waals surface area contributed by atoms with Gasteiger partial charge in [0.2, 0.25) is 0 Å². The van der Waals surface area contributed by atoms with Crippen molar-refractivity contribution >= 4 is 12.2 Å². The van der Waals surface area contributed by atoms with E-state index in [1.165, 1.54) is 0 Å². The maximum Gasteiger partial charge on any atom is 0.410 e. The molecule has 6 heteroatoms. The summed E-state index contributed by atoms with van der Waals surface area (Å²) in [5.74, 6) is 0. The summed E-state index contributed by atoms with van der Waals surface area (Å²) in [6.45, 7) is 12.1. The SMILES string of the molecule is CC(C)(C)OC(=O)N[C@H]1CCCN(C(=O)OC(C)(C)C)C1. The van der Waals surface area contributed by atoms with Crippen LogP contribution in [0.25, 0.3) is 0 Å². The number of nitrogens with zero attached hydrogens (tertiary/aromatic N) is 1. The Kier molecular flexibility index (Phi) is 5.48. The van der Waals surface area contributed by atoms with Gasteiger partial charge in [0.1, 0.15) is 11.2 Å². The highest BCUT2D eigenvalue weighted by Gasteiger charge is 2.29. The van der Waals surface area contributed by atoms with Crippen molar-refractivity contribution < 1.29 is 19.1 Å². The lowest BCUT2D eigenvalue weighted by Gasteiger charge is -2.34. The van der Waals surface area contributed by atoms with Crippen molar-refractivity contribution in [3.8, 4) is 0 Å². The van der Waals surface area contributed by atoms with E-state index in [9.17, 15) is 9.59 Å². The topological polar surface area (TPSA) is 67.9 Å². The smallest absolute Gasteiger partial charge is 0.410 e. The quantitative estimate of drug-likeness (QED) is 0.808. The van der Waals surface area contributed by atoms with Crippen LogP contribution in [0.5, 0.6) is 0 Å². The lowest BCUT2D eigenvalue weighted by atomic mass is 10.1. The molecule has 0 unspecified atom stereocenters. The number of hydrogen-bond acceptors (Lipinski definition) is 4. The van der Waals surface area contributed by atoms with E-state index >= 15 is 0 Å². The summed E-state index contributed by atoms with van der Waals surface area (Å²) in [4.78, 5) is 25.4. The maximum absolute atomic E-state index is 12.0. The van der Waals surface area contributed by atoms with Gasteiger partial charge >= 0.3 is 12.2 Å². The second-order valence-corrected chi connectivity index (χ2v) is 7.41. The van der Waals surface area contributed by atoms with Gasteiger partial charge < -0.3 is 19.7 Å². The van der Waals surface area contributed by atoms with Crippen molar-refractivity contribution in [2.24, 2.45) is 0 Å². The van der Waals surface area contributed by atoms with Crippen molar-refractivity contribution in [3.63, 3.8) is 0 Å². The summed E-state index contributed by atoms with van der Waals surface area (Å²) < 4.78 is 10.6. The van der Waals surface area contributed by atoms with Crippen LogP contribution < -0.4 is 5.32 Å². The fourth-order valence-corrected chi connectivity index (χ4v) is 2.06. The van der Waals surface area contributed by atoms with Crippen molar-refractivity contribution in [1.82, 2.24) is 10.2 Å². The first-order chi connectivity index (χ1) is 9.46. The molecule has 21 heavy (non-hydrogen) atoms. The maximum atomic E-state index is 12.0. The molecule has 1 rings (SSSR count). The highest BCUT2D eigenvalue weighted by Crippen LogP contribution is 2.16. The van der Waals surface area contributed by atoms with Gasteiger partial charge in [0, 0.05) is 19.1 Å². The number of rotatable bonds is 1. The number of amides is 2. The van der Waals surface area contributed by atoms with Crippen LogP contribution >= 0.6 is 0 Å². The van der Waals surface area contributed by atoms with Gasteiger partial charge in [0.05, 0.1) is 0 Å². The molecule has 1 atom stereocenters. The van der Waals surface area contributed by atoms with Gasteiger partial charge in [-0.25, -0.2) is 9.59 Å². The summed E-state index contributed by atoms with van der Waals surface area (Å²) in [6.07, 6.45) is 0.884. The molecular weight excluding hydrogens is 272 g/mol. The Morgan fingerprint density at radius 3 is 2.14 bits per heavy atom. The van der Waals surface area contributed by atoms with Crippen LogP contribution in [0.15, 0.2) is 0 Å². The molecule has 1 fully saturated rings. The van der Waals surface area contributed by atoms with Gasteiger partial charge in [-0.1, -0.05) is 0 Å². The van der Waals surface area contributed by atoms with E-state index in [4.69, 9.17) is 9.47 Å². The zero-order valence-corrected chi connectivity index (χ0v) is 14.0. The highest BCUT2D eigenvalue weighted by atomic mass is 16.6. The third-order valence-electron chi connectivity index (χ3n) is 2.79. The van der Waals surface area contributed by atoms with Crippen LogP contribution in [-0.4, -0.2) is 47.4 Å². The van der Waals surface area contributed by atoms with Gasteiger partial charge in [-0.15, -0.1) is 0 Å². The first-order valence-corrected chi connectivity index (χ1v) is 7.44. The molecule has 1 aliphatic rings. The van der Waals surface area contributed by atoms with Gasteiger partial charge in [-0.3, -0.25) is 0 Å². The van der Waals surface area contributed by atoms with E-state index in [0.717, 1.165) is 12.8 Å². The molecule has 1 saturated heterocycles. The summed E-state index contributed by atoms with van der Waals surface area (Å²) in [5.41, 5.74) is -1.04. The first-order valence-electron chi connectivity index (χ1n) is 7.44. The number of carbonyl (C=O) groups is 2. The van der Waals surface area contributed by atoms with Gasteiger partial charge in [-0.05, 0) is 54.4 Å². The summed E-state index contributed by atoms with van der Waals surface area (Å²) in [6, 6.07) is -0.0962. The number of ether oxygens (including phenoxy) is 2. The van der Waals surface area contributed by atoms with Gasteiger partial charge in [0.25, 0.3) is 0 Å². The molecule has 1 N–H and O–H groups in total. The molecule has 2 amide bonds. The normalized spacial score (nSPS) is 19.9. The van der Waals surface area contributed by atoms with Crippen LogP contribution in [0.2, 0.25) is 0 Å². The van der Waals surface area contributed by atoms with E-state index in [2.05, 4.69) is 5.32 Å². The third-order valence-corrected chi connectivity index (χ3v) is 2.79. The Morgan fingerprint density at radius 2 is 1.62 bits per heavy atom. The van der Waals surface area contributed by atoms with Crippen LogP contribution in [0.3, 0.4) is 0 Å². The predicted molar refractivity (Wildman–Crippen MR) is 80.2 cm³/mol. The number of hydrogen-bond donors (Lipinski definition) is 1. The molecule has 1 aliphatic heterocycles. The number of carbonyl (C=O) groups excluding carboxylic acids is 2. The molecule has 0 aromatic carbocycles. The molecule has 0 spiro atoms. The lowest BCUT2D eigenvalue weighted by Crippen LogP contribution is -2.51. The minimum atomic E-state index is -0.524. The Labute approximate surface area is 127 Å². The molecule has 1 heterocycles. The Hall–Kier alpha value is -1.46. The molecule has 0 aromatic rings. The van der Waals surface area contributed by atoms with Crippen molar-refractivity contribution in [2.75, 3.05) is 13.1 Å². The largest absolute Gasteiger partial charge is 0.444 e. The van der Waals surface area contributed by atoms with E-state index in [1.54, 1.807) is 4.90 Å². The number of nitrogens with one attached hydrogen (secondary N) is 1. The number of piperidine rings is 1. The first kappa shape index (κ1) is 17.6. The fourth-order valence-electron chi connectivity index (χ4n) is 2.06. The predicted octanol–water partition coefficient (Wildman–Crippen LogP) is 2.91. The van der Waals surface area contributed by atoms with Crippen LogP contribution in [0.4, 0.5) is 9.59 Å². The molecule has 6 nitrogen and oxygen atoms in total. The third kappa shape index (κ3) is 7.20. The lowest BCUT2D eigenvalue weighted by molar-refractivity contribution is 0.0162. The van der Waals surface area contributed by atoms with Crippen LogP contribution in [0, 0.1) is 0 Å². The van der Waals surface area contributed by atoms with Crippen molar-refractivity contribution in [3.05, 3.63) is 0 Å². The van der Waals surface area contributed by atoms with Crippen LogP contribution in [-0.2, 0) is 9.47 Å². The zero-order chi connectivity index (χ0) is 16.3. The molecule has 0 saturated carbocycles. The van der Waals surface area contributed by atoms with Crippen molar-refractivity contribution in [1.29, 1.82) is 0 Å². The molecule has 0 aliphatic carbocycles. The highest BCUT2D eigenvalue weighted by molar-refractivity contribution is 5.70. The van der Waals surface area contributed by atoms with Crippen molar-refractivity contribution in [2.45, 2.75) is 71.6 Å².